The standard InChI is InChI=1S/C17H19O4P/c18-22(20-16-10-5-2-6-11-16)19-13-7-12-17(21-22)14-15-8-3-1-4-9-15/h1-6,8-11,17H,7,12-14H2/t17-,22?/m1/s1. The van der Waals surface area contributed by atoms with Crippen LogP contribution in [0, 0.1) is 0 Å². The summed E-state index contributed by atoms with van der Waals surface area (Å²) < 4.78 is 16.6. The number of hydrogen-bond acceptors (Lipinski definition) is 4. The minimum Gasteiger partial charge on any atom is -0.598 e. The molecule has 0 bridgehead atoms. The van der Waals surface area contributed by atoms with Crippen LogP contribution >= 0.6 is 8.17 Å². The Morgan fingerprint density at radius 2 is 1.73 bits per heavy atom. The van der Waals surface area contributed by atoms with Crippen molar-refractivity contribution in [2.45, 2.75) is 25.4 Å². The van der Waals surface area contributed by atoms with Gasteiger partial charge in [-0.2, -0.15) is 9.05 Å². The van der Waals surface area contributed by atoms with Gasteiger partial charge in [0.25, 0.3) is 0 Å². The molecule has 1 fully saturated rings. The maximum Gasteiger partial charge on any atom is 0.429 e. The molecule has 4 nitrogen and oxygen atoms in total. The van der Waals surface area contributed by atoms with Crippen molar-refractivity contribution in [1.29, 1.82) is 0 Å². The van der Waals surface area contributed by atoms with Gasteiger partial charge in [0, 0.05) is 6.42 Å². The molecule has 2 aromatic rings. The van der Waals surface area contributed by atoms with E-state index >= 15 is 0 Å². The van der Waals surface area contributed by atoms with Crippen LogP contribution in [0.5, 0.6) is 5.75 Å². The molecule has 0 saturated carbocycles. The van der Waals surface area contributed by atoms with E-state index in [4.69, 9.17) is 13.6 Å². The van der Waals surface area contributed by atoms with Crippen molar-refractivity contribution in [3.05, 3.63) is 66.2 Å². The molecule has 2 atom stereocenters. The van der Waals surface area contributed by atoms with Crippen LogP contribution in [0.25, 0.3) is 0 Å². The summed E-state index contributed by atoms with van der Waals surface area (Å²) in [5, 5.41) is 0. The van der Waals surface area contributed by atoms with Crippen LogP contribution in [0.4, 0.5) is 0 Å². The van der Waals surface area contributed by atoms with Gasteiger partial charge in [-0.25, -0.2) is 0 Å². The second-order valence-electron chi connectivity index (χ2n) is 5.24. The molecule has 0 amide bonds. The summed E-state index contributed by atoms with van der Waals surface area (Å²) >= 11 is 0. The first-order valence-corrected chi connectivity index (χ1v) is 8.91. The van der Waals surface area contributed by atoms with Gasteiger partial charge in [0.1, 0.15) is 6.10 Å². The van der Waals surface area contributed by atoms with E-state index in [0.717, 1.165) is 18.4 Å². The monoisotopic (exact) mass is 318 g/mol. The molecule has 2 aromatic carbocycles. The van der Waals surface area contributed by atoms with Gasteiger partial charge in [-0.1, -0.05) is 48.5 Å². The van der Waals surface area contributed by atoms with Gasteiger partial charge in [-0.3, -0.25) is 4.52 Å². The third kappa shape index (κ3) is 4.28. The summed E-state index contributed by atoms with van der Waals surface area (Å²) in [7, 11) is -3.57. The maximum atomic E-state index is 12.8. The van der Waals surface area contributed by atoms with Crippen molar-refractivity contribution in [3.8, 4) is 5.75 Å². The first-order chi connectivity index (χ1) is 10.7. The molecule has 1 heterocycles. The van der Waals surface area contributed by atoms with Crippen LogP contribution in [0.1, 0.15) is 18.4 Å². The van der Waals surface area contributed by atoms with Gasteiger partial charge in [-0.05, 0) is 30.5 Å². The van der Waals surface area contributed by atoms with Gasteiger partial charge in [-0.15, -0.1) is 0 Å². The smallest absolute Gasteiger partial charge is 0.429 e. The second-order valence-corrected chi connectivity index (χ2v) is 6.79. The molecule has 0 aromatic heterocycles. The van der Waals surface area contributed by atoms with E-state index in [0.29, 0.717) is 18.8 Å². The number of para-hydroxylation sites is 1. The highest BCUT2D eigenvalue weighted by atomic mass is 31.2. The van der Waals surface area contributed by atoms with Crippen molar-refractivity contribution < 1.29 is 18.5 Å². The number of phosphoric acid groups is 1. The van der Waals surface area contributed by atoms with Crippen molar-refractivity contribution in [3.63, 3.8) is 0 Å². The zero-order chi connectivity index (χ0) is 15.3. The largest absolute Gasteiger partial charge is 0.598 e. The highest BCUT2D eigenvalue weighted by Crippen LogP contribution is 2.56. The molecule has 1 aliphatic heterocycles. The first-order valence-electron chi connectivity index (χ1n) is 7.45. The van der Waals surface area contributed by atoms with Crippen molar-refractivity contribution in [2.75, 3.05) is 6.61 Å². The van der Waals surface area contributed by atoms with Crippen LogP contribution in [-0.2, 0) is 15.5 Å². The maximum absolute atomic E-state index is 12.8. The number of benzene rings is 2. The van der Waals surface area contributed by atoms with E-state index in [9.17, 15) is 4.89 Å². The quantitative estimate of drug-likeness (QED) is 0.809. The summed E-state index contributed by atoms with van der Waals surface area (Å²) in [6.45, 7) is 0.384. The Kier molecular flexibility index (Phi) is 5.06. The third-order valence-corrected chi connectivity index (χ3v) is 4.95. The lowest BCUT2D eigenvalue weighted by molar-refractivity contribution is -0.241. The number of rotatable bonds is 4. The Morgan fingerprint density at radius 3 is 2.45 bits per heavy atom. The average Bonchev–Trinajstić information content (AvgIpc) is 2.71. The molecule has 3 rings (SSSR count). The highest BCUT2D eigenvalue weighted by Gasteiger charge is 2.40. The fourth-order valence-electron chi connectivity index (χ4n) is 2.43. The molecule has 0 N–H and O–H groups in total. The molecule has 0 spiro atoms. The van der Waals surface area contributed by atoms with Crippen molar-refractivity contribution >= 4 is 8.17 Å². The predicted molar refractivity (Wildman–Crippen MR) is 84.2 cm³/mol. The summed E-state index contributed by atoms with van der Waals surface area (Å²) in [4.78, 5) is 12.8. The van der Waals surface area contributed by atoms with E-state index in [-0.39, 0.29) is 6.10 Å². The molecular formula is C17H19O4P. The van der Waals surface area contributed by atoms with E-state index in [1.165, 1.54) is 0 Å². The topological polar surface area (TPSA) is 50.8 Å². The van der Waals surface area contributed by atoms with Gasteiger partial charge >= 0.3 is 8.17 Å². The van der Waals surface area contributed by atoms with Crippen LogP contribution in [0.15, 0.2) is 60.7 Å². The molecule has 22 heavy (non-hydrogen) atoms. The summed E-state index contributed by atoms with van der Waals surface area (Å²) in [5.41, 5.74) is 1.15. The normalized spacial score (nSPS) is 25.4. The van der Waals surface area contributed by atoms with Gasteiger partial charge < -0.3 is 4.89 Å². The third-order valence-electron chi connectivity index (χ3n) is 3.46. The van der Waals surface area contributed by atoms with E-state index in [1.807, 2.05) is 48.5 Å². The van der Waals surface area contributed by atoms with Crippen molar-refractivity contribution in [1.82, 2.24) is 0 Å². The first kappa shape index (κ1) is 15.4. The summed E-state index contributed by atoms with van der Waals surface area (Å²) in [5.74, 6) is 0.492. The fraction of sp³-hybridized carbons (Fsp3) is 0.294. The molecule has 0 aliphatic carbocycles. The van der Waals surface area contributed by atoms with Crippen LogP contribution in [-0.4, -0.2) is 12.7 Å². The Labute approximate surface area is 131 Å². The average molecular weight is 318 g/mol. The van der Waals surface area contributed by atoms with Crippen LogP contribution in [0.2, 0.25) is 0 Å². The van der Waals surface area contributed by atoms with E-state index < -0.39 is 8.17 Å². The minimum absolute atomic E-state index is 0.167. The lowest BCUT2D eigenvalue weighted by Crippen LogP contribution is -2.25. The lowest BCUT2D eigenvalue weighted by Gasteiger charge is -2.26. The molecule has 5 heteroatoms. The van der Waals surface area contributed by atoms with E-state index in [1.54, 1.807) is 12.1 Å². The van der Waals surface area contributed by atoms with Gasteiger partial charge in [0.05, 0.1) is 6.61 Å². The van der Waals surface area contributed by atoms with Crippen LogP contribution in [0.3, 0.4) is 0 Å². The number of phosphoric ester groups is 1. The highest BCUT2D eigenvalue weighted by molar-refractivity contribution is 7.54. The fourth-order valence-corrected chi connectivity index (χ4v) is 3.86. The Bertz CT molecular complexity index is 578. The van der Waals surface area contributed by atoms with Crippen molar-refractivity contribution in [2.24, 2.45) is 0 Å². The Morgan fingerprint density at radius 1 is 1.05 bits per heavy atom. The summed E-state index contributed by atoms with van der Waals surface area (Å²) in [6, 6.07) is 19.0. The zero-order valence-electron chi connectivity index (χ0n) is 12.3. The van der Waals surface area contributed by atoms with Gasteiger partial charge in [0.15, 0.2) is 5.75 Å². The number of hydrogen-bond donors (Lipinski definition) is 0. The molecular weight excluding hydrogens is 299 g/mol. The van der Waals surface area contributed by atoms with Gasteiger partial charge in [0.2, 0.25) is 0 Å². The lowest BCUT2D eigenvalue weighted by atomic mass is 10.0. The van der Waals surface area contributed by atoms with E-state index in [2.05, 4.69) is 0 Å². The molecule has 1 saturated heterocycles. The molecule has 116 valence electrons. The molecule has 0 radical (unpaired) electrons. The molecule has 1 aliphatic rings. The molecule has 1 unspecified atom stereocenters. The second kappa shape index (κ2) is 7.21. The SMILES string of the molecule is [O-][P+]1(Oc2ccccc2)OCCC[C@H](Cc2ccccc2)O1. The minimum atomic E-state index is -3.57. The zero-order valence-corrected chi connectivity index (χ0v) is 13.2. The summed E-state index contributed by atoms with van der Waals surface area (Å²) in [6.07, 6.45) is 2.14. The Hall–Kier alpha value is -1.45. The predicted octanol–water partition coefficient (Wildman–Crippen LogP) is 3.54. The van der Waals surface area contributed by atoms with Crippen LogP contribution < -0.4 is 9.42 Å². The Balaban J connectivity index is 1.69.